The number of nitrogens with zero attached hydrogens (tertiary/aromatic N) is 1. The number of rotatable bonds is 1. The van der Waals surface area contributed by atoms with Gasteiger partial charge in [0.25, 0.3) is 0 Å². The van der Waals surface area contributed by atoms with Crippen molar-refractivity contribution in [2.45, 2.75) is 37.6 Å². The second-order valence-corrected chi connectivity index (χ2v) is 3.62. The molecule has 1 aromatic rings. The lowest BCUT2D eigenvalue weighted by atomic mass is 9.92. The van der Waals surface area contributed by atoms with Gasteiger partial charge in [-0.3, -0.25) is 0 Å². The highest BCUT2D eigenvalue weighted by molar-refractivity contribution is 4.96. The van der Waals surface area contributed by atoms with Crippen LogP contribution in [0.15, 0.2) is 24.5 Å². The maximum absolute atomic E-state index is 13.4. The average molecular weight is 185 g/mol. The van der Waals surface area contributed by atoms with E-state index in [-0.39, 0.29) is 12.5 Å². The summed E-state index contributed by atoms with van der Waals surface area (Å²) in [6.45, 7) is 0. The van der Waals surface area contributed by atoms with Gasteiger partial charge in [-0.2, -0.15) is 0 Å². The summed E-state index contributed by atoms with van der Waals surface area (Å²) in [6.07, 6.45) is 2.87. The predicted molar refractivity (Wildman–Crippen MR) is 47.1 cm³/mol. The zero-order valence-corrected chi connectivity index (χ0v) is 7.37. The van der Waals surface area contributed by atoms with Crippen molar-refractivity contribution in [3.05, 3.63) is 24.5 Å². The molecular weight excluding hydrogens is 172 g/mol. The van der Waals surface area contributed by atoms with Crippen LogP contribution < -0.4 is 0 Å². The SMILES string of the molecule is FC1CCC(n2cccc2)C(F)C1. The molecule has 3 unspecified atom stereocenters. The fourth-order valence-corrected chi connectivity index (χ4v) is 1.96. The van der Waals surface area contributed by atoms with Crippen LogP contribution in [0.1, 0.15) is 25.3 Å². The van der Waals surface area contributed by atoms with Crippen LogP contribution in [0, 0.1) is 0 Å². The van der Waals surface area contributed by atoms with Crippen LogP contribution in [0.4, 0.5) is 8.78 Å². The minimum Gasteiger partial charge on any atom is -0.348 e. The van der Waals surface area contributed by atoms with Crippen molar-refractivity contribution in [2.24, 2.45) is 0 Å². The van der Waals surface area contributed by atoms with Crippen molar-refractivity contribution in [1.82, 2.24) is 4.57 Å². The van der Waals surface area contributed by atoms with Crippen molar-refractivity contribution < 1.29 is 8.78 Å². The number of alkyl halides is 2. The monoisotopic (exact) mass is 185 g/mol. The Morgan fingerprint density at radius 1 is 1.08 bits per heavy atom. The molecule has 0 bridgehead atoms. The topological polar surface area (TPSA) is 4.93 Å². The second kappa shape index (κ2) is 3.48. The lowest BCUT2D eigenvalue weighted by molar-refractivity contribution is 0.106. The molecule has 1 heterocycles. The van der Waals surface area contributed by atoms with Crippen molar-refractivity contribution in [3.63, 3.8) is 0 Å². The van der Waals surface area contributed by atoms with Gasteiger partial charge < -0.3 is 4.57 Å². The minimum atomic E-state index is -1.03. The van der Waals surface area contributed by atoms with Gasteiger partial charge in [-0.25, -0.2) is 8.78 Å². The van der Waals surface area contributed by atoms with E-state index in [0.717, 1.165) is 0 Å². The average Bonchev–Trinajstić information content (AvgIpc) is 2.56. The third-order valence-electron chi connectivity index (χ3n) is 2.68. The van der Waals surface area contributed by atoms with E-state index >= 15 is 0 Å². The van der Waals surface area contributed by atoms with Gasteiger partial charge in [0.2, 0.25) is 0 Å². The standard InChI is InChI=1S/C10H13F2N/c11-8-3-4-10(9(12)7-8)13-5-1-2-6-13/h1-2,5-6,8-10H,3-4,7H2. The van der Waals surface area contributed by atoms with Crippen molar-refractivity contribution in [1.29, 1.82) is 0 Å². The predicted octanol–water partition coefficient (Wildman–Crippen LogP) is 2.89. The molecule has 3 heteroatoms. The summed E-state index contributed by atoms with van der Waals surface area (Å²) < 4.78 is 28.0. The Morgan fingerprint density at radius 3 is 2.38 bits per heavy atom. The molecule has 1 aliphatic carbocycles. The van der Waals surface area contributed by atoms with E-state index in [1.807, 2.05) is 29.1 Å². The molecule has 1 nitrogen and oxygen atoms in total. The zero-order chi connectivity index (χ0) is 9.26. The van der Waals surface area contributed by atoms with Gasteiger partial charge in [0.15, 0.2) is 0 Å². The van der Waals surface area contributed by atoms with E-state index in [1.165, 1.54) is 0 Å². The Hall–Kier alpha value is -0.860. The summed E-state index contributed by atoms with van der Waals surface area (Å²) in [5.74, 6) is 0. The van der Waals surface area contributed by atoms with Gasteiger partial charge in [-0.1, -0.05) is 0 Å². The van der Waals surface area contributed by atoms with Crippen LogP contribution in [0.2, 0.25) is 0 Å². The molecule has 1 aromatic heterocycles. The molecule has 1 aliphatic rings. The number of halogens is 2. The molecule has 0 aromatic carbocycles. The molecular formula is C10H13F2N. The van der Waals surface area contributed by atoms with Crippen LogP contribution in [-0.4, -0.2) is 16.9 Å². The molecule has 0 aliphatic heterocycles. The maximum atomic E-state index is 13.4. The molecule has 0 saturated heterocycles. The lowest BCUT2D eigenvalue weighted by Crippen LogP contribution is -2.28. The first-order valence-electron chi connectivity index (χ1n) is 4.68. The summed E-state index contributed by atoms with van der Waals surface area (Å²) in [5.41, 5.74) is 0. The van der Waals surface area contributed by atoms with Gasteiger partial charge >= 0.3 is 0 Å². The first-order valence-corrected chi connectivity index (χ1v) is 4.68. The first-order chi connectivity index (χ1) is 6.27. The number of aromatic nitrogens is 1. The fourth-order valence-electron chi connectivity index (χ4n) is 1.96. The Labute approximate surface area is 76.4 Å². The molecule has 3 atom stereocenters. The summed E-state index contributed by atoms with van der Waals surface area (Å²) in [5, 5.41) is 0. The molecule has 0 N–H and O–H groups in total. The Balaban J connectivity index is 2.08. The molecule has 2 rings (SSSR count). The van der Waals surface area contributed by atoms with E-state index < -0.39 is 12.3 Å². The number of hydrogen-bond acceptors (Lipinski definition) is 0. The quantitative estimate of drug-likeness (QED) is 0.634. The summed E-state index contributed by atoms with van der Waals surface area (Å²) >= 11 is 0. The van der Waals surface area contributed by atoms with E-state index in [1.54, 1.807) is 0 Å². The van der Waals surface area contributed by atoms with Crippen molar-refractivity contribution in [3.8, 4) is 0 Å². The minimum absolute atomic E-state index is 0.0584. The van der Waals surface area contributed by atoms with E-state index in [4.69, 9.17) is 0 Å². The fraction of sp³-hybridized carbons (Fsp3) is 0.600. The molecule has 0 amide bonds. The van der Waals surface area contributed by atoms with E-state index in [2.05, 4.69) is 0 Å². The molecule has 13 heavy (non-hydrogen) atoms. The van der Waals surface area contributed by atoms with Gasteiger partial charge in [-0.05, 0) is 25.0 Å². The van der Waals surface area contributed by atoms with E-state index in [0.29, 0.717) is 12.8 Å². The van der Waals surface area contributed by atoms with Crippen molar-refractivity contribution >= 4 is 0 Å². The van der Waals surface area contributed by atoms with Crippen LogP contribution in [0.25, 0.3) is 0 Å². The smallest absolute Gasteiger partial charge is 0.123 e. The molecule has 0 spiro atoms. The third-order valence-corrected chi connectivity index (χ3v) is 2.68. The van der Waals surface area contributed by atoms with E-state index in [9.17, 15) is 8.78 Å². The van der Waals surface area contributed by atoms with Gasteiger partial charge in [0, 0.05) is 18.8 Å². The van der Waals surface area contributed by atoms with Crippen LogP contribution >= 0.6 is 0 Å². The Morgan fingerprint density at radius 2 is 1.77 bits per heavy atom. The Kier molecular flexibility index (Phi) is 2.34. The first kappa shape index (κ1) is 8.73. The third kappa shape index (κ3) is 1.74. The largest absolute Gasteiger partial charge is 0.348 e. The summed E-state index contributed by atoms with van der Waals surface area (Å²) in [6, 6.07) is 3.59. The highest BCUT2D eigenvalue weighted by Gasteiger charge is 2.30. The maximum Gasteiger partial charge on any atom is 0.123 e. The van der Waals surface area contributed by atoms with Crippen LogP contribution in [-0.2, 0) is 0 Å². The second-order valence-electron chi connectivity index (χ2n) is 3.62. The molecule has 72 valence electrons. The van der Waals surface area contributed by atoms with Crippen molar-refractivity contribution in [2.75, 3.05) is 0 Å². The van der Waals surface area contributed by atoms with Crippen LogP contribution in [0.3, 0.4) is 0 Å². The van der Waals surface area contributed by atoms with Crippen LogP contribution in [0.5, 0.6) is 0 Å². The summed E-state index contributed by atoms with van der Waals surface area (Å²) in [7, 11) is 0. The zero-order valence-electron chi connectivity index (χ0n) is 7.37. The summed E-state index contributed by atoms with van der Waals surface area (Å²) in [4.78, 5) is 0. The van der Waals surface area contributed by atoms with Gasteiger partial charge in [0.05, 0.1) is 6.04 Å². The molecule has 1 fully saturated rings. The highest BCUT2D eigenvalue weighted by atomic mass is 19.1. The lowest BCUT2D eigenvalue weighted by Gasteiger charge is -2.29. The molecule has 1 saturated carbocycles. The van der Waals surface area contributed by atoms with Gasteiger partial charge in [0.1, 0.15) is 12.3 Å². The highest BCUT2D eigenvalue weighted by Crippen LogP contribution is 2.32. The number of hydrogen-bond donors (Lipinski definition) is 0. The Bertz CT molecular complexity index is 258. The normalized spacial score (nSPS) is 34.8. The van der Waals surface area contributed by atoms with Gasteiger partial charge in [-0.15, -0.1) is 0 Å². The molecule has 0 radical (unpaired) electrons.